The first-order valence-corrected chi connectivity index (χ1v) is 7.02. The van der Waals surface area contributed by atoms with Crippen molar-refractivity contribution in [3.8, 4) is 0 Å². The molecule has 2 fully saturated rings. The molecular formula is C9H20ClN3O2S. The Morgan fingerprint density at radius 1 is 1.25 bits per heavy atom. The molecule has 0 aromatic carbocycles. The van der Waals surface area contributed by atoms with Crippen LogP contribution in [0.5, 0.6) is 0 Å². The molecule has 1 saturated heterocycles. The molecule has 96 valence electrons. The van der Waals surface area contributed by atoms with Crippen LogP contribution in [0, 0.1) is 11.8 Å². The van der Waals surface area contributed by atoms with E-state index in [2.05, 4.69) is 10.0 Å². The SMILES string of the molecule is CCN(CC)S(=O)(=O)NC1C2CNCC21.Cl. The lowest BCUT2D eigenvalue weighted by atomic mass is 10.4. The van der Waals surface area contributed by atoms with Gasteiger partial charge in [-0.3, -0.25) is 0 Å². The summed E-state index contributed by atoms with van der Waals surface area (Å²) in [6.45, 7) is 6.69. The van der Waals surface area contributed by atoms with Crippen molar-refractivity contribution in [1.29, 1.82) is 0 Å². The lowest BCUT2D eigenvalue weighted by Crippen LogP contribution is -2.43. The molecule has 2 rings (SSSR count). The fourth-order valence-corrected chi connectivity index (χ4v) is 3.93. The molecule has 5 nitrogen and oxygen atoms in total. The molecule has 0 aromatic rings. The van der Waals surface area contributed by atoms with E-state index in [-0.39, 0.29) is 18.4 Å². The molecule has 1 aliphatic carbocycles. The fourth-order valence-electron chi connectivity index (χ4n) is 2.40. The molecule has 2 unspecified atom stereocenters. The normalized spacial score (nSPS) is 32.3. The number of piperidine rings is 1. The van der Waals surface area contributed by atoms with E-state index >= 15 is 0 Å². The minimum atomic E-state index is -3.25. The van der Waals surface area contributed by atoms with Crippen LogP contribution in [0.25, 0.3) is 0 Å². The van der Waals surface area contributed by atoms with E-state index in [0.717, 1.165) is 13.1 Å². The van der Waals surface area contributed by atoms with Gasteiger partial charge in [0.2, 0.25) is 0 Å². The lowest BCUT2D eigenvalue weighted by molar-refractivity contribution is 0.430. The first-order valence-electron chi connectivity index (χ1n) is 5.58. The topological polar surface area (TPSA) is 61.4 Å². The number of nitrogens with zero attached hydrogens (tertiary/aromatic N) is 1. The minimum absolute atomic E-state index is 0. The van der Waals surface area contributed by atoms with Crippen molar-refractivity contribution in [2.75, 3.05) is 26.2 Å². The van der Waals surface area contributed by atoms with Gasteiger partial charge in [0.05, 0.1) is 0 Å². The Bertz CT molecular complexity index is 322. The second-order valence-electron chi connectivity index (χ2n) is 4.22. The molecule has 0 amide bonds. The van der Waals surface area contributed by atoms with Gasteiger partial charge in [-0.05, 0) is 24.9 Å². The molecule has 0 bridgehead atoms. The van der Waals surface area contributed by atoms with Crippen molar-refractivity contribution in [2.24, 2.45) is 11.8 Å². The summed E-state index contributed by atoms with van der Waals surface area (Å²) in [6, 6.07) is 0.178. The lowest BCUT2D eigenvalue weighted by Gasteiger charge is -2.19. The quantitative estimate of drug-likeness (QED) is 0.727. The van der Waals surface area contributed by atoms with Crippen molar-refractivity contribution in [1.82, 2.24) is 14.3 Å². The highest BCUT2D eigenvalue weighted by molar-refractivity contribution is 7.87. The van der Waals surface area contributed by atoms with Gasteiger partial charge < -0.3 is 5.32 Å². The molecule has 2 aliphatic rings. The highest BCUT2D eigenvalue weighted by Crippen LogP contribution is 2.42. The molecule has 2 N–H and O–H groups in total. The molecule has 1 aliphatic heterocycles. The van der Waals surface area contributed by atoms with Crippen molar-refractivity contribution in [3.63, 3.8) is 0 Å². The van der Waals surface area contributed by atoms with Gasteiger partial charge in [-0.2, -0.15) is 17.4 Å². The number of fused-ring (bicyclic) bond motifs is 1. The van der Waals surface area contributed by atoms with Crippen LogP contribution in [0.15, 0.2) is 0 Å². The summed E-state index contributed by atoms with van der Waals surface area (Å²) in [4.78, 5) is 0. The third-order valence-electron chi connectivity index (χ3n) is 3.42. The maximum atomic E-state index is 11.9. The monoisotopic (exact) mass is 269 g/mol. The van der Waals surface area contributed by atoms with Gasteiger partial charge in [-0.1, -0.05) is 13.8 Å². The van der Waals surface area contributed by atoms with Crippen molar-refractivity contribution < 1.29 is 8.42 Å². The van der Waals surface area contributed by atoms with Gasteiger partial charge in [0, 0.05) is 19.1 Å². The highest BCUT2D eigenvalue weighted by atomic mass is 35.5. The van der Waals surface area contributed by atoms with Crippen LogP contribution in [0.3, 0.4) is 0 Å². The van der Waals surface area contributed by atoms with E-state index < -0.39 is 10.2 Å². The summed E-state index contributed by atoms with van der Waals surface area (Å²) in [6.07, 6.45) is 0. The zero-order valence-electron chi connectivity index (χ0n) is 9.64. The smallest absolute Gasteiger partial charge is 0.279 e. The summed E-state index contributed by atoms with van der Waals surface area (Å²) < 4.78 is 28.0. The molecule has 0 aromatic heterocycles. The average Bonchev–Trinajstić information content (AvgIpc) is 2.64. The zero-order valence-corrected chi connectivity index (χ0v) is 11.3. The van der Waals surface area contributed by atoms with E-state index in [1.54, 1.807) is 0 Å². The Morgan fingerprint density at radius 3 is 2.19 bits per heavy atom. The van der Waals surface area contributed by atoms with Crippen LogP contribution in [-0.2, 0) is 10.2 Å². The maximum Gasteiger partial charge on any atom is 0.279 e. The number of hydrogen-bond acceptors (Lipinski definition) is 3. The van der Waals surface area contributed by atoms with Crippen LogP contribution in [0.2, 0.25) is 0 Å². The molecule has 2 atom stereocenters. The van der Waals surface area contributed by atoms with E-state index in [1.807, 2.05) is 13.8 Å². The van der Waals surface area contributed by atoms with Crippen LogP contribution in [-0.4, -0.2) is 44.9 Å². The Morgan fingerprint density at radius 2 is 1.75 bits per heavy atom. The first-order chi connectivity index (χ1) is 7.10. The fraction of sp³-hybridized carbons (Fsp3) is 1.00. The summed E-state index contributed by atoms with van der Waals surface area (Å²) in [5, 5.41) is 3.25. The van der Waals surface area contributed by atoms with Crippen molar-refractivity contribution >= 4 is 22.6 Å². The third-order valence-corrected chi connectivity index (χ3v) is 5.19. The van der Waals surface area contributed by atoms with E-state index in [1.165, 1.54) is 4.31 Å². The molecule has 0 spiro atoms. The molecule has 7 heteroatoms. The van der Waals surface area contributed by atoms with Crippen molar-refractivity contribution in [2.45, 2.75) is 19.9 Å². The third kappa shape index (κ3) is 2.51. The molecule has 1 saturated carbocycles. The summed E-state index contributed by atoms with van der Waals surface area (Å²) in [5.74, 6) is 1.05. The van der Waals surface area contributed by atoms with Crippen LogP contribution in [0.4, 0.5) is 0 Å². The molecular weight excluding hydrogens is 250 g/mol. The predicted octanol–water partition coefficient (Wildman–Crippen LogP) is -0.198. The molecule has 1 heterocycles. The van der Waals surface area contributed by atoms with Gasteiger partial charge >= 0.3 is 0 Å². The average molecular weight is 270 g/mol. The Kier molecular flexibility index (Phi) is 4.59. The van der Waals surface area contributed by atoms with Gasteiger partial charge in [0.15, 0.2) is 0 Å². The van der Waals surface area contributed by atoms with Gasteiger partial charge in [-0.15, -0.1) is 12.4 Å². The second-order valence-corrected chi connectivity index (χ2v) is 5.92. The Hall–Kier alpha value is 0.120. The highest BCUT2D eigenvalue weighted by Gasteiger charge is 2.54. The number of rotatable bonds is 5. The number of hydrogen-bond donors (Lipinski definition) is 2. The largest absolute Gasteiger partial charge is 0.316 e. The second kappa shape index (κ2) is 5.18. The summed E-state index contributed by atoms with van der Waals surface area (Å²) in [7, 11) is -3.25. The number of halogens is 1. The van der Waals surface area contributed by atoms with Gasteiger partial charge in [-0.25, -0.2) is 0 Å². The van der Waals surface area contributed by atoms with Gasteiger partial charge in [0.25, 0.3) is 10.2 Å². The maximum absolute atomic E-state index is 11.9. The summed E-state index contributed by atoms with van der Waals surface area (Å²) in [5.41, 5.74) is 0. The predicted molar refractivity (Wildman–Crippen MR) is 65.9 cm³/mol. The van der Waals surface area contributed by atoms with Crippen molar-refractivity contribution in [3.05, 3.63) is 0 Å². The molecule has 0 radical (unpaired) electrons. The summed E-state index contributed by atoms with van der Waals surface area (Å²) >= 11 is 0. The Balaban J connectivity index is 0.00000128. The van der Waals surface area contributed by atoms with E-state index in [9.17, 15) is 8.42 Å². The zero-order chi connectivity index (χ0) is 11.1. The van der Waals surface area contributed by atoms with Crippen LogP contribution in [0.1, 0.15) is 13.8 Å². The minimum Gasteiger partial charge on any atom is -0.316 e. The van der Waals surface area contributed by atoms with Gasteiger partial charge in [0.1, 0.15) is 0 Å². The first kappa shape index (κ1) is 14.2. The van der Waals surface area contributed by atoms with Crippen LogP contribution < -0.4 is 10.0 Å². The van der Waals surface area contributed by atoms with Crippen LogP contribution >= 0.6 is 12.4 Å². The van der Waals surface area contributed by atoms with E-state index in [4.69, 9.17) is 0 Å². The Labute approximate surface area is 104 Å². The molecule has 16 heavy (non-hydrogen) atoms. The standard InChI is InChI=1S/C9H19N3O2S.ClH/c1-3-12(4-2)15(13,14)11-9-7-5-10-6-8(7)9;/h7-11H,3-6H2,1-2H3;1H. The number of nitrogens with one attached hydrogen (secondary N) is 2. The van der Waals surface area contributed by atoms with E-state index in [0.29, 0.717) is 24.9 Å².